The third-order valence-electron chi connectivity index (χ3n) is 3.87. The molecule has 0 fully saturated rings. The number of rotatable bonds is 4. The Hall–Kier alpha value is -3.32. The molecule has 0 spiro atoms. The van der Waals surface area contributed by atoms with E-state index in [1.807, 2.05) is 0 Å². The molecule has 0 atom stereocenters. The first-order valence-electron chi connectivity index (χ1n) is 8.03. The standard InChI is InChI=1S/C19H17ClN4O3/c1-24-17(15(20)11-21-24)14-10-13(8-9-16(14)27-2)22-19(26)23-18(25)12-6-4-3-5-7-12/h3-11H,1-2H3,(H2,22,23,25,26). The largest absolute Gasteiger partial charge is 0.496 e. The second kappa shape index (κ2) is 7.92. The molecule has 3 rings (SSSR count). The van der Waals surface area contributed by atoms with Gasteiger partial charge in [-0.15, -0.1) is 0 Å². The summed E-state index contributed by atoms with van der Waals surface area (Å²) in [6, 6.07) is 12.9. The number of imide groups is 1. The van der Waals surface area contributed by atoms with E-state index in [2.05, 4.69) is 15.7 Å². The number of ether oxygens (including phenoxy) is 1. The lowest BCUT2D eigenvalue weighted by molar-refractivity contribution is 0.0967. The normalized spacial score (nSPS) is 10.3. The molecule has 3 amide bonds. The van der Waals surface area contributed by atoms with Gasteiger partial charge in [0, 0.05) is 23.9 Å². The molecule has 0 saturated carbocycles. The van der Waals surface area contributed by atoms with Gasteiger partial charge in [0.1, 0.15) is 5.75 Å². The number of carbonyl (C=O) groups is 2. The van der Waals surface area contributed by atoms with Gasteiger partial charge in [-0.1, -0.05) is 29.8 Å². The molecule has 1 aromatic heterocycles. The van der Waals surface area contributed by atoms with Crippen molar-refractivity contribution >= 4 is 29.2 Å². The third kappa shape index (κ3) is 4.09. The lowest BCUT2D eigenvalue weighted by atomic mass is 10.1. The Labute approximate surface area is 160 Å². The number of carbonyl (C=O) groups excluding carboxylic acids is 2. The Balaban J connectivity index is 1.80. The van der Waals surface area contributed by atoms with Gasteiger partial charge in [0.25, 0.3) is 5.91 Å². The number of nitrogens with one attached hydrogen (secondary N) is 2. The Morgan fingerprint density at radius 3 is 2.52 bits per heavy atom. The zero-order chi connectivity index (χ0) is 19.4. The number of halogens is 1. The van der Waals surface area contributed by atoms with Crippen molar-refractivity contribution in [2.75, 3.05) is 12.4 Å². The van der Waals surface area contributed by atoms with Gasteiger partial charge in [0.05, 0.1) is 24.0 Å². The molecular weight excluding hydrogens is 368 g/mol. The molecule has 7 nitrogen and oxygen atoms in total. The zero-order valence-corrected chi connectivity index (χ0v) is 15.4. The summed E-state index contributed by atoms with van der Waals surface area (Å²) >= 11 is 6.22. The molecule has 27 heavy (non-hydrogen) atoms. The number of methoxy groups -OCH3 is 1. The highest BCUT2D eigenvalue weighted by molar-refractivity contribution is 6.33. The minimum absolute atomic E-state index is 0.393. The summed E-state index contributed by atoms with van der Waals surface area (Å²) in [4.78, 5) is 24.2. The smallest absolute Gasteiger partial charge is 0.326 e. The van der Waals surface area contributed by atoms with Gasteiger partial charge in [-0.05, 0) is 30.3 Å². The Morgan fingerprint density at radius 2 is 1.89 bits per heavy atom. The highest BCUT2D eigenvalue weighted by atomic mass is 35.5. The van der Waals surface area contributed by atoms with Crippen molar-refractivity contribution in [1.29, 1.82) is 0 Å². The lowest BCUT2D eigenvalue weighted by Gasteiger charge is -2.13. The van der Waals surface area contributed by atoms with Gasteiger partial charge >= 0.3 is 6.03 Å². The maximum absolute atomic E-state index is 12.2. The number of amides is 3. The first kappa shape index (κ1) is 18.5. The molecule has 2 aromatic carbocycles. The highest BCUT2D eigenvalue weighted by Crippen LogP contribution is 2.36. The topological polar surface area (TPSA) is 85.2 Å². The summed E-state index contributed by atoms with van der Waals surface area (Å²) in [7, 11) is 3.30. The van der Waals surface area contributed by atoms with E-state index in [0.29, 0.717) is 33.3 Å². The molecule has 0 saturated heterocycles. The fraction of sp³-hybridized carbons (Fsp3) is 0.105. The quantitative estimate of drug-likeness (QED) is 0.718. The fourth-order valence-corrected chi connectivity index (χ4v) is 2.88. The molecule has 0 aliphatic rings. The van der Waals surface area contributed by atoms with E-state index in [-0.39, 0.29) is 0 Å². The molecule has 0 aliphatic carbocycles. The average Bonchev–Trinajstić information content (AvgIpc) is 3.00. The first-order chi connectivity index (χ1) is 13.0. The molecule has 8 heteroatoms. The van der Waals surface area contributed by atoms with Crippen molar-refractivity contribution in [2.24, 2.45) is 7.05 Å². The monoisotopic (exact) mass is 384 g/mol. The fourth-order valence-electron chi connectivity index (χ4n) is 2.61. The molecular formula is C19H17ClN4O3. The van der Waals surface area contributed by atoms with E-state index < -0.39 is 11.9 Å². The Kier molecular flexibility index (Phi) is 5.42. The number of nitrogens with zero attached hydrogens (tertiary/aromatic N) is 2. The second-order valence-corrected chi connectivity index (χ2v) is 6.06. The van der Waals surface area contributed by atoms with Crippen LogP contribution >= 0.6 is 11.6 Å². The lowest BCUT2D eigenvalue weighted by Crippen LogP contribution is -2.34. The second-order valence-electron chi connectivity index (χ2n) is 5.65. The van der Waals surface area contributed by atoms with Crippen molar-refractivity contribution in [1.82, 2.24) is 15.1 Å². The van der Waals surface area contributed by atoms with Crippen molar-refractivity contribution in [3.63, 3.8) is 0 Å². The molecule has 0 aliphatic heterocycles. The minimum Gasteiger partial charge on any atom is -0.496 e. The van der Waals surface area contributed by atoms with Crippen molar-refractivity contribution in [3.05, 3.63) is 65.3 Å². The van der Waals surface area contributed by atoms with Crippen molar-refractivity contribution in [3.8, 4) is 17.0 Å². The van der Waals surface area contributed by atoms with Crippen LogP contribution in [0.3, 0.4) is 0 Å². The van der Waals surface area contributed by atoms with Crippen molar-refractivity contribution < 1.29 is 14.3 Å². The van der Waals surface area contributed by atoms with Crippen LogP contribution in [0.2, 0.25) is 5.02 Å². The number of benzene rings is 2. The summed E-state index contributed by atoms with van der Waals surface area (Å²) in [5.41, 5.74) is 2.18. The summed E-state index contributed by atoms with van der Waals surface area (Å²) in [5.74, 6) is 0.0864. The van der Waals surface area contributed by atoms with Crippen LogP contribution in [0.4, 0.5) is 10.5 Å². The Bertz CT molecular complexity index is 966. The van der Waals surface area contributed by atoms with Crippen LogP contribution in [0.15, 0.2) is 54.7 Å². The number of hydrogen-bond donors (Lipinski definition) is 2. The number of urea groups is 1. The van der Waals surface area contributed by atoms with Crippen molar-refractivity contribution in [2.45, 2.75) is 0 Å². The van der Waals surface area contributed by atoms with Gasteiger partial charge < -0.3 is 10.1 Å². The van der Waals surface area contributed by atoms with E-state index in [1.54, 1.807) is 67.4 Å². The van der Waals surface area contributed by atoms with E-state index in [0.717, 1.165) is 0 Å². The maximum atomic E-state index is 12.2. The van der Waals surface area contributed by atoms with Crippen LogP contribution < -0.4 is 15.4 Å². The van der Waals surface area contributed by atoms with Gasteiger partial charge in [-0.25, -0.2) is 4.79 Å². The van der Waals surface area contributed by atoms with Crippen LogP contribution in [-0.4, -0.2) is 28.8 Å². The van der Waals surface area contributed by atoms with Crippen LogP contribution in [0.25, 0.3) is 11.3 Å². The van der Waals surface area contributed by atoms with E-state index >= 15 is 0 Å². The summed E-state index contributed by atoms with van der Waals surface area (Å²) in [6.07, 6.45) is 1.53. The summed E-state index contributed by atoms with van der Waals surface area (Å²) < 4.78 is 6.99. The highest BCUT2D eigenvalue weighted by Gasteiger charge is 2.16. The third-order valence-corrected chi connectivity index (χ3v) is 4.15. The SMILES string of the molecule is COc1ccc(NC(=O)NC(=O)c2ccccc2)cc1-c1c(Cl)cnn1C. The van der Waals surface area contributed by atoms with Gasteiger partial charge in [0.15, 0.2) is 0 Å². The molecule has 3 aromatic rings. The van der Waals surface area contributed by atoms with Gasteiger partial charge in [-0.3, -0.25) is 14.8 Å². The van der Waals surface area contributed by atoms with E-state index in [4.69, 9.17) is 16.3 Å². The summed E-state index contributed by atoms with van der Waals surface area (Å²) in [6.45, 7) is 0. The molecule has 0 bridgehead atoms. The van der Waals surface area contributed by atoms with E-state index in [9.17, 15) is 9.59 Å². The molecule has 138 valence electrons. The number of aryl methyl sites for hydroxylation is 1. The molecule has 2 N–H and O–H groups in total. The molecule has 1 heterocycles. The first-order valence-corrected chi connectivity index (χ1v) is 8.40. The predicted octanol–water partition coefficient (Wildman–Crippen LogP) is 3.71. The number of anilines is 1. The van der Waals surface area contributed by atoms with Crippen LogP contribution in [0, 0.1) is 0 Å². The summed E-state index contributed by atoms with van der Waals surface area (Å²) in [5, 5.41) is 9.49. The average molecular weight is 385 g/mol. The van der Waals surface area contributed by atoms with Crippen LogP contribution in [-0.2, 0) is 7.05 Å². The predicted molar refractivity (Wildman–Crippen MR) is 103 cm³/mol. The zero-order valence-electron chi connectivity index (χ0n) is 14.7. The number of hydrogen-bond acceptors (Lipinski definition) is 4. The van der Waals surface area contributed by atoms with Gasteiger partial charge in [0.2, 0.25) is 0 Å². The number of aromatic nitrogens is 2. The molecule has 0 unspecified atom stereocenters. The maximum Gasteiger partial charge on any atom is 0.326 e. The molecule has 0 radical (unpaired) electrons. The Morgan fingerprint density at radius 1 is 1.15 bits per heavy atom. The van der Waals surface area contributed by atoms with Crippen LogP contribution in [0.5, 0.6) is 5.75 Å². The van der Waals surface area contributed by atoms with E-state index in [1.165, 1.54) is 6.20 Å². The minimum atomic E-state index is -0.643. The van der Waals surface area contributed by atoms with Gasteiger partial charge in [-0.2, -0.15) is 5.10 Å². The van der Waals surface area contributed by atoms with Crippen LogP contribution in [0.1, 0.15) is 10.4 Å².